The van der Waals surface area contributed by atoms with Gasteiger partial charge in [0.15, 0.2) is 0 Å². The third-order valence-electron chi connectivity index (χ3n) is 2.83. The Morgan fingerprint density at radius 2 is 2.09 bits per heavy atom. The molecule has 6 heteroatoms. The highest BCUT2D eigenvalue weighted by Gasteiger charge is 2.10. The molecule has 1 N–H and O–H groups in total. The molecule has 0 bridgehead atoms. The first-order valence-electron chi connectivity index (χ1n) is 7.22. The summed E-state index contributed by atoms with van der Waals surface area (Å²) in [5.74, 6) is -0.232. The maximum Gasteiger partial charge on any atom is 0.291 e. The lowest BCUT2D eigenvalue weighted by atomic mass is 10.1. The topological polar surface area (TPSA) is 63.2 Å². The van der Waals surface area contributed by atoms with Crippen LogP contribution in [0.4, 0.5) is 0 Å². The Kier molecular flexibility index (Phi) is 8.17. The van der Waals surface area contributed by atoms with Gasteiger partial charge in [-0.25, -0.2) is 4.99 Å². The smallest absolute Gasteiger partial charge is 0.291 e. The Morgan fingerprint density at radius 1 is 1.32 bits per heavy atom. The quantitative estimate of drug-likeness (QED) is 0.469. The van der Waals surface area contributed by atoms with E-state index in [1.165, 1.54) is 0 Å². The molecule has 1 rings (SSSR count). The normalized spacial score (nSPS) is 11.6. The van der Waals surface area contributed by atoms with Crippen molar-refractivity contribution >= 4 is 11.9 Å². The second-order valence-electron chi connectivity index (χ2n) is 5.16. The number of hydrogen-bond acceptors (Lipinski definition) is 5. The lowest BCUT2D eigenvalue weighted by Gasteiger charge is -2.12. The second kappa shape index (κ2) is 9.92. The predicted molar refractivity (Wildman–Crippen MR) is 87.3 cm³/mol. The van der Waals surface area contributed by atoms with Crippen LogP contribution in [0.15, 0.2) is 29.3 Å². The number of amidine groups is 1. The molecule has 0 unspecified atom stereocenters. The van der Waals surface area contributed by atoms with E-state index in [4.69, 9.17) is 9.47 Å². The molecule has 22 heavy (non-hydrogen) atoms. The van der Waals surface area contributed by atoms with Crippen molar-refractivity contribution < 1.29 is 14.3 Å². The van der Waals surface area contributed by atoms with Gasteiger partial charge in [0.25, 0.3) is 11.9 Å². The first-order valence-corrected chi connectivity index (χ1v) is 7.22. The maximum atomic E-state index is 12.2. The van der Waals surface area contributed by atoms with E-state index in [1.807, 2.05) is 44.1 Å². The van der Waals surface area contributed by atoms with E-state index in [2.05, 4.69) is 10.3 Å². The van der Waals surface area contributed by atoms with Gasteiger partial charge in [0, 0.05) is 19.2 Å². The minimum atomic E-state index is -0.232. The lowest BCUT2D eigenvalue weighted by Crippen LogP contribution is -2.34. The summed E-state index contributed by atoms with van der Waals surface area (Å²) >= 11 is 0. The molecule has 0 saturated carbocycles. The lowest BCUT2D eigenvalue weighted by molar-refractivity contribution is 0.0953. The summed E-state index contributed by atoms with van der Waals surface area (Å²) in [6, 6.07) is 7.60. The predicted octanol–water partition coefficient (Wildman–Crippen LogP) is 1.31. The summed E-state index contributed by atoms with van der Waals surface area (Å²) in [5.41, 5.74) is 1.61. The monoisotopic (exact) mass is 307 g/mol. The Bertz CT molecular complexity index is 501. The zero-order chi connectivity index (χ0) is 16.4. The summed E-state index contributed by atoms with van der Waals surface area (Å²) < 4.78 is 10.4. The molecule has 122 valence electrons. The molecule has 6 nitrogen and oxygen atoms in total. The highest BCUT2D eigenvalue weighted by Crippen LogP contribution is 2.03. The van der Waals surface area contributed by atoms with Crippen LogP contribution in [0.2, 0.25) is 0 Å². The molecule has 1 amide bonds. The van der Waals surface area contributed by atoms with Crippen molar-refractivity contribution in [1.82, 2.24) is 10.2 Å². The summed E-state index contributed by atoms with van der Waals surface area (Å²) in [4.78, 5) is 18.5. The van der Waals surface area contributed by atoms with E-state index in [9.17, 15) is 4.79 Å². The average molecular weight is 307 g/mol. The van der Waals surface area contributed by atoms with Gasteiger partial charge in [0.1, 0.15) is 6.61 Å². The number of hydrogen-bond donors (Lipinski definition) is 1. The fraction of sp³-hybridized carbons (Fsp3) is 0.500. The van der Waals surface area contributed by atoms with Crippen LogP contribution >= 0.6 is 0 Å². The summed E-state index contributed by atoms with van der Waals surface area (Å²) in [7, 11) is 5.52. The maximum absolute atomic E-state index is 12.2. The van der Waals surface area contributed by atoms with E-state index in [0.29, 0.717) is 25.3 Å². The number of nitrogens with zero attached hydrogens (tertiary/aromatic N) is 2. The standard InChI is InChI=1S/C16H25N3O3/c1-13-6-5-7-14(12-13)15(20)18-16(22-11-10-21-4)17-8-9-19(2)3/h5-7,12H,8-11H2,1-4H3,(H,17,18,20). The number of carbonyl (C=O) groups is 1. The van der Waals surface area contributed by atoms with Gasteiger partial charge in [0.2, 0.25) is 0 Å². The van der Waals surface area contributed by atoms with E-state index < -0.39 is 0 Å². The van der Waals surface area contributed by atoms with Crippen molar-refractivity contribution in [1.29, 1.82) is 0 Å². The highest BCUT2D eigenvalue weighted by molar-refractivity contribution is 6.04. The molecule has 1 aromatic rings. The highest BCUT2D eigenvalue weighted by atomic mass is 16.5. The molecule has 0 radical (unpaired) electrons. The van der Waals surface area contributed by atoms with E-state index in [1.54, 1.807) is 13.2 Å². The minimum absolute atomic E-state index is 0.227. The first-order chi connectivity index (χ1) is 10.5. The molecule has 0 spiro atoms. The number of methoxy groups -OCH3 is 1. The SMILES string of the molecule is COCCOC(=NCCN(C)C)NC(=O)c1cccc(C)c1. The van der Waals surface area contributed by atoms with Crippen molar-refractivity contribution in [2.45, 2.75) is 6.92 Å². The van der Waals surface area contributed by atoms with Gasteiger partial charge in [-0.1, -0.05) is 17.7 Å². The fourth-order valence-corrected chi connectivity index (χ4v) is 1.65. The Labute approximate surface area is 132 Å². The van der Waals surface area contributed by atoms with Crippen LogP contribution < -0.4 is 5.32 Å². The van der Waals surface area contributed by atoms with Crippen LogP contribution in [0.1, 0.15) is 15.9 Å². The Morgan fingerprint density at radius 3 is 2.73 bits per heavy atom. The number of likely N-dealkylation sites (N-methyl/N-ethyl adjacent to an activating group) is 1. The number of nitrogens with one attached hydrogen (secondary N) is 1. The number of rotatable bonds is 7. The molecule has 0 atom stereocenters. The van der Waals surface area contributed by atoms with Crippen molar-refractivity contribution in [2.75, 3.05) is 47.5 Å². The van der Waals surface area contributed by atoms with E-state index in [-0.39, 0.29) is 11.9 Å². The molecule has 0 aliphatic rings. The van der Waals surface area contributed by atoms with Crippen molar-refractivity contribution in [2.24, 2.45) is 4.99 Å². The van der Waals surface area contributed by atoms with Crippen molar-refractivity contribution in [3.05, 3.63) is 35.4 Å². The fourth-order valence-electron chi connectivity index (χ4n) is 1.65. The third-order valence-corrected chi connectivity index (χ3v) is 2.83. The third kappa shape index (κ3) is 7.19. The van der Waals surface area contributed by atoms with Gasteiger partial charge >= 0.3 is 0 Å². The Balaban J connectivity index is 2.67. The molecule has 0 fully saturated rings. The van der Waals surface area contributed by atoms with Crippen LogP contribution in [0.3, 0.4) is 0 Å². The number of benzene rings is 1. The number of aryl methyl sites for hydroxylation is 1. The van der Waals surface area contributed by atoms with Gasteiger partial charge < -0.3 is 14.4 Å². The van der Waals surface area contributed by atoms with Crippen LogP contribution in [-0.2, 0) is 9.47 Å². The number of amides is 1. The Hall–Kier alpha value is -1.92. The molecule has 1 aromatic carbocycles. The van der Waals surface area contributed by atoms with Gasteiger partial charge in [0.05, 0.1) is 13.2 Å². The zero-order valence-corrected chi connectivity index (χ0v) is 13.8. The molecule has 0 aliphatic heterocycles. The summed E-state index contributed by atoms with van der Waals surface area (Å²) in [6.07, 6.45) is 0. The van der Waals surface area contributed by atoms with Crippen molar-refractivity contribution in [3.8, 4) is 0 Å². The number of aliphatic imine (C=N–C) groups is 1. The molecular formula is C16H25N3O3. The van der Waals surface area contributed by atoms with Crippen LogP contribution in [0, 0.1) is 6.92 Å². The van der Waals surface area contributed by atoms with Gasteiger partial charge in [-0.15, -0.1) is 0 Å². The molecule has 0 aromatic heterocycles. The van der Waals surface area contributed by atoms with E-state index >= 15 is 0 Å². The first kappa shape index (κ1) is 18.1. The van der Waals surface area contributed by atoms with Crippen LogP contribution in [0.5, 0.6) is 0 Å². The largest absolute Gasteiger partial charge is 0.463 e. The number of ether oxygens (including phenoxy) is 2. The summed E-state index contributed by atoms with van der Waals surface area (Å²) in [5, 5.41) is 2.71. The van der Waals surface area contributed by atoms with Crippen molar-refractivity contribution in [3.63, 3.8) is 0 Å². The van der Waals surface area contributed by atoms with E-state index in [0.717, 1.165) is 12.1 Å². The van der Waals surface area contributed by atoms with Crippen LogP contribution in [-0.4, -0.2) is 64.3 Å². The second-order valence-corrected chi connectivity index (χ2v) is 5.16. The molecular weight excluding hydrogens is 282 g/mol. The van der Waals surface area contributed by atoms with Gasteiger partial charge in [-0.05, 0) is 33.2 Å². The minimum Gasteiger partial charge on any atom is -0.463 e. The molecule has 0 heterocycles. The number of carbonyl (C=O) groups excluding carboxylic acids is 1. The zero-order valence-electron chi connectivity index (χ0n) is 13.8. The van der Waals surface area contributed by atoms with Crippen LogP contribution in [0.25, 0.3) is 0 Å². The average Bonchev–Trinajstić information content (AvgIpc) is 2.46. The summed E-state index contributed by atoms with van der Waals surface area (Å²) in [6.45, 7) is 4.04. The van der Waals surface area contributed by atoms with Gasteiger partial charge in [-0.3, -0.25) is 10.1 Å². The molecule has 0 saturated heterocycles. The van der Waals surface area contributed by atoms with Gasteiger partial charge in [-0.2, -0.15) is 0 Å². The molecule has 0 aliphatic carbocycles.